The Bertz CT molecular complexity index is 1070. The lowest BCUT2D eigenvalue weighted by Crippen LogP contribution is -2.45. The number of rotatable bonds is 5. The molecule has 5 rings (SSSR count). The number of fused-ring (bicyclic) bond motifs is 1. The van der Waals surface area contributed by atoms with Gasteiger partial charge in [-0.25, -0.2) is 0 Å². The van der Waals surface area contributed by atoms with E-state index in [4.69, 9.17) is 4.74 Å². The summed E-state index contributed by atoms with van der Waals surface area (Å²) in [7, 11) is 1.84. The van der Waals surface area contributed by atoms with Crippen molar-refractivity contribution in [1.82, 2.24) is 29.9 Å². The van der Waals surface area contributed by atoms with Crippen LogP contribution in [0.1, 0.15) is 31.4 Å². The molecular formula is C23H28N6O2. The number of pyridine rings is 2. The Morgan fingerprint density at radius 3 is 2.65 bits per heavy atom. The van der Waals surface area contributed by atoms with Crippen LogP contribution in [-0.4, -0.2) is 68.0 Å². The Balaban J connectivity index is 1.24. The average Bonchev–Trinajstić information content (AvgIpc) is 3.25. The molecule has 162 valence electrons. The Kier molecular flexibility index (Phi) is 5.74. The van der Waals surface area contributed by atoms with Crippen LogP contribution in [0.4, 0.5) is 0 Å². The van der Waals surface area contributed by atoms with Crippen molar-refractivity contribution in [2.45, 2.75) is 38.1 Å². The van der Waals surface area contributed by atoms with E-state index in [9.17, 15) is 4.79 Å². The predicted octanol–water partition coefficient (Wildman–Crippen LogP) is 2.43. The molecule has 0 atom stereocenters. The van der Waals surface area contributed by atoms with Crippen LogP contribution in [-0.2, 0) is 23.0 Å². The first-order chi connectivity index (χ1) is 15.2. The SMILES string of the molecule is Cn1cc(-c2cnc3cnc(CC(=O)C4CCC(N5CCOCC5)CC4)cc3c2)nn1. The summed E-state index contributed by atoms with van der Waals surface area (Å²) in [6, 6.07) is 4.63. The minimum atomic E-state index is 0.152. The van der Waals surface area contributed by atoms with E-state index in [1.54, 1.807) is 17.1 Å². The normalized spacial score (nSPS) is 22.6. The van der Waals surface area contributed by atoms with Crippen molar-refractivity contribution in [2.24, 2.45) is 13.0 Å². The summed E-state index contributed by atoms with van der Waals surface area (Å²) in [5, 5.41) is 9.12. The third kappa shape index (κ3) is 4.50. The molecule has 0 spiro atoms. The van der Waals surface area contributed by atoms with Gasteiger partial charge in [0.15, 0.2) is 0 Å². The summed E-state index contributed by atoms with van der Waals surface area (Å²) in [5.41, 5.74) is 3.31. The summed E-state index contributed by atoms with van der Waals surface area (Å²) in [5.74, 6) is 0.462. The lowest BCUT2D eigenvalue weighted by Gasteiger charge is -2.38. The van der Waals surface area contributed by atoms with E-state index in [2.05, 4.69) is 25.2 Å². The monoisotopic (exact) mass is 420 g/mol. The van der Waals surface area contributed by atoms with Crippen LogP contribution in [0.25, 0.3) is 22.2 Å². The molecule has 0 N–H and O–H groups in total. The van der Waals surface area contributed by atoms with Crippen molar-refractivity contribution in [1.29, 1.82) is 0 Å². The highest BCUT2D eigenvalue weighted by atomic mass is 16.5. The Morgan fingerprint density at radius 1 is 1.10 bits per heavy atom. The van der Waals surface area contributed by atoms with Gasteiger partial charge < -0.3 is 4.74 Å². The van der Waals surface area contributed by atoms with Crippen LogP contribution < -0.4 is 0 Å². The van der Waals surface area contributed by atoms with Crippen molar-refractivity contribution in [3.8, 4) is 11.3 Å². The molecule has 3 aromatic heterocycles. The number of Topliss-reactive ketones (excluding diaryl/α,β-unsaturated/α-hetero) is 1. The minimum absolute atomic E-state index is 0.152. The number of ketones is 1. The number of aryl methyl sites for hydroxylation is 1. The molecule has 1 saturated carbocycles. The molecule has 0 radical (unpaired) electrons. The van der Waals surface area contributed by atoms with E-state index in [1.807, 2.05) is 25.4 Å². The fourth-order valence-corrected chi connectivity index (χ4v) is 4.82. The van der Waals surface area contributed by atoms with Crippen molar-refractivity contribution >= 4 is 16.7 Å². The zero-order valence-electron chi connectivity index (χ0n) is 17.9. The second kappa shape index (κ2) is 8.80. The average molecular weight is 421 g/mol. The van der Waals surface area contributed by atoms with Gasteiger partial charge in [-0.3, -0.25) is 24.3 Å². The van der Waals surface area contributed by atoms with Crippen molar-refractivity contribution in [2.75, 3.05) is 26.3 Å². The smallest absolute Gasteiger partial charge is 0.141 e. The molecule has 0 unspecified atom stereocenters. The maximum atomic E-state index is 13.0. The van der Waals surface area contributed by atoms with Gasteiger partial charge in [0.2, 0.25) is 0 Å². The second-order valence-electron chi connectivity index (χ2n) is 8.67. The summed E-state index contributed by atoms with van der Waals surface area (Å²) < 4.78 is 7.14. The van der Waals surface area contributed by atoms with Crippen LogP contribution in [0, 0.1) is 5.92 Å². The first kappa shape index (κ1) is 20.2. The summed E-state index contributed by atoms with van der Waals surface area (Å²) in [6.45, 7) is 3.71. The largest absolute Gasteiger partial charge is 0.379 e. The van der Waals surface area contributed by atoms with Crippen LogP contribution in [0.5, 0.6) is 0 Å². The van der Waals surface area contributed by atoms with Crippen LogP contribution in [0.15, 0.2) is 30.7 Å². The number of hydrogen-bond acceptors (Lipinski definition) is 7. The summed E-state index contributed by atoms with van der Waals surface area (Å²) >= 11 is 0. The van der Waals surface area contributed by atoms with Crippen LogP contribution >= 0.6 is 0 Å². The molecule has 0 bridgehead atoms. The topological polar surface area (TPSA) is 86.0 Å². The van der Waals surface area contributed by atoms with Crippen molar-refractivity contribution in [3.63, 3.8) is 0 Å². The molecule has 8 heteroatoms. The quantitative estimate of drug-likeness (QED) is 0.627. The zero-order chi connectivity index (χ0) is 21.2. The lowest BCUT2D eigenvalue weighted by atomic mass is 9.81. The van der Waals surface area contributed by atoms with Gasteiger partial charge in [-0.15, -0.1) is 5.10 Å². The van der Waals surface area contributed by atoms with E-state index in [0.717, 1.165) is 79.8 Å². The highest BCUT2D eigenvalue weighted by Crippen LogP contribution is 2.29. The highest BCUT2D eigenvalue weighted by molar-refractivity contribution is 5.86. The van der Waals surface area contributed by atoms with E-state index in [0.29, 0.717) is 18.2 Å². The molecule has 3 aromatic rings. The number of carbonyl (C=O) groups excluding carboxylic acids is 1. The summed E-state index contributed by atoms with van der Waals surface area (Å²) in [6.07, 6.45) is 9.96. The van der Waals surface area contributed by atoms with Crippen LogP contribution in [0.3, 0.4) is 0 Å². The van der Waals surface area contributed by atoms with Gasteiger partial charge in [-0.2, -0.15) is 0 Å². The second-order valence-corrected chi connectivity index (χ2v) is 8.67. The number of morpholine rings is 1. The van der Waals surface area contributed by atoms with Crippen molar-refractivity contribution in [3.05, 3.63) is 36.4 Å². The standard InChI is InChI=1S/C23H28N6O2/c1-28-15-22(26-27-28)18-10-17-11-19(24-14-21(17)25-13-18)12-23(30)16-2-4-20(5-3-16)29-6-8-31-9-7-29/h10-11,13-16,20H,2-9,12H2,1H3. The maximum absolute atomic E-state index is 13.0. The minimum Gasteiger partial charge on any atom is -0.379 e. The number of aromatic nitrogens is 5. The molecule has 1 aliphatic carbocycles. The van der Waals surface area contributed by atoms with Crippen molar-refractivity contribution < 1.29 is 9.53 Å². The number of ether oxygens (including phenoxy) is 1. The number of nitrogens with zero attached hydrogens (tertiary/aromatic N) is 6. The molecule has 0 amide bonds. The molecule has 1 saturated heterocycles. The van der Waals surface area contributed by atoms with E-state index < -0.39 is 0 Å². The zero-order valence-corrected chi connectivity index (χ0v) is 17.9. The predicted molar refractivity (Wildman–Crippen MR) is 116 cm³/mol. The molecule has 2 fully saturated rings. The summed E-state index contributed by atoms with van der Waals surface area (Å²) in [4.78, 5) is 24.5. The van der Waals surface area contributed by atoms with Gasteiger partial charge in [-0.05, 0) is 37.8 Å². The number of hydrogen-bond donors (Lipinski definition) is 0. The fraction of sp³-hybridized carbons (Fsp3) is 0.522. The van der Waals surface area contributed by atoms with Gasteiger partial charge >= 0.3 is 0 Å². The molecule has 31 heavy (non-hydrogen) atoms. The fourth-order valence-electron chi connectivity index (χ4n) is 4.82. The Labute approximate surface area is 181 Å². The molecule has 8 nitrogen and oxygen atoms in total. The first-order valence-corrected chi connectivity index (χ1v) is 11.1. The van der Waals surface area contributed by atoms with Gasteiger partial charge in [0.25, 0.3) is 0 Å². The van der Waals surface area contributed by atoms with Gasteiger partial charge in [0.1, 0.15) is 11.5 Å². The van der Waals surface area contributed by atoms with E-state index in [-0.39, 0.29) is 5.92 Å². The van der Waals surface area contributed by atoms with Gasteiger partial charge in [-0.1, -0.05) is 5.21 Å². The van der Waals surface area contributed by atoms with Crippen LogP contribution in [0.2, 0.25) is 0 Å². The maximum Gasteiger partial charge on any atom is 0.141 e. The van der Waals surface area contributed by atoms with E-state index in [1.165, 1.54) is 0 Å². The highest BCUT2D eigenvalue weighted by Gasteiger charge is 2.30. The first-order valence-electron chi connectivity index (χ1n) is 11.1. The molecule has 0 aromatic carbocycles. The molecular weight excluding hydrogens is 392 g/mol. The molecule has 2 aliphatic rings. The third-order valence-corrected chi connectivity index (χ3v) is 6.59. The van der Waals surface area contributed by atoms with Gasteiger partial charge in [0, 0.05) is 61.4 Å². The Morgan fingerprint density at radius 2 is 1.90 bits per heavy atom. The molecule has 4 heterocycles. The lowest BCUT2D eigenvalue weighted by molar-refractivity contribution is -0.123. The third-order valence-electron chi connectivity index (χ3n) is 6.59. The van der Waals surface area contributed by atoms with E-state index >= 15 is 0 Å². The number of carbonyl (C=O) groups is 1. The molecule has 1 aliphatic heterocycles. The van der Waals surface area contributed by atoms with Gasteiger partial charge in [0.05, 0.1) is 31.1 Å². The Hall–Kier alpha value is -2.71.